The molecule has 0 bridgehead atoms. The summed E-state index contributed by atoms with van der Waals surface area (Å²) in [5, 5.41) is 19.2. The summed E-state index contributed by atoms with van der Waals surface area (Å²) in [5.41, 5.74) is -0.578. The predicted octanol–water partition coefficient (Wildman–Crippen LogP) is 1.06. The molecule has 2 rings (SSSR count). The second-order valence-electron chi connectivity index (χ2n) is 4.18. The predicted molar refractivity (Wildman–Crippen MR) is 42.2 cm³/mol. The summed E-state index contributed by atoms with van der Waals surface area (Å²) in [6, 6.07) is 0. The van der Waals surface area contributed by atoms with Crippen LogP contribution in [0.5, 0.6) is 0 Å². The average Bonchev–Trinajstić information content (AvgIpc) is 2.71. The van der Waals surface area contributed by atoms with Crippen LogP contribution in [0.3, 0.4) is 0 Å². The molecular weight excluding hydrogens is 140 g/mol. The van der Waals surface area contributed by atoms with Gasteiger partial charge in [-0.15, -0.1) is 0 Å². The minimum atomic E-state index is -0.498. The molecule has 2 heteroatoms. The summed E-state index contributed by atoms with van der Waals surface area (Å²) in [4.78, 5) is 0. The lowest BCUT2D eigenvalue weighted by atomic mass is 9.83. The van der Waals surface area contributed by atoms with Crippen LogP contribution in [0.15, 0.2) is 0 Å². The quantitative estimate of drug-likeness (QED) is 0.627. The summed E-state index contributed by atoms with van der Waals surface area (Å²) in [6.07, 6.45) is 6.15. The molecule has 0 atom stereocenters. The van der Waals surface area contributed by atoms with E-state index in [1.807, 2.05) is 0 Å². The molecule has 0 spiro atoms. The van der Waals surface area contributed by atoms with E-state index in [4.69, 9.17) is 5.11 Å². The first-order chi connectivity index (χ1) is 5.22. The molecule has 0 aromatic carbocycles. The SMILES string of the molecule is OCC1(C2(O)CCCC2)CC1. The van der Waals surface area contributed by atoms with Gasteiger partial charge in [-0.1, -0.05) is 12.8 Å². The Hall–Kier alpha value is -0.0800. The molecule has 0 saturated heterocycles. The van der Waals surface area contributed by atoms with Gasteiger partial charge in [0, 0.05) is 5.41 Å². The van der Waals surface area contributed by atoms with Crippen LogP contribution < -0.4 is 0 Å². The van der Waals surface area contributed by atoms with E-state index in [1.54, 1.807) is 0 Å². The smallest absolute Gasteiger partial charge is 0.0725 e. The molecule has 64 valence electrons. The van der Waals surface area contributed by atoms with Crippen molar-refractivity contribution >= 4 is 0 Å². The lowest BCUT2D eigenvalue weighted by molar-refractivity contribution is -0.0495. The summed E-state index contributed by atoms with van der Waals surface area (Å²) in [5.74, 6) is 0. The zero-order valence-electron chi connectivity index (χ0n) is 6.84. The van der Waals surface area contributed by atoms with Gasteiger partial charge in [-0.25, -0.2) is 0 Å². The Bertz CT molecular complexity index is 155. The van der Waals surface area contributed by atoms with E-state index in [9.17, 15) is 5.11 Å². The second-order valence-corrected chi connectivity index (χ2v) is 4.18. The highest BCUT2D eigenvalue weighted by Gasteiger charge is 2.58. The first-order valence-electron chi connectivity index (χ1n) is 4.56. The van der Waals surface area contributed by atoms with Crippen molar-refractivity contribution in [2.45, 2.75) is 44.1 Å². The Morgan fingerprint density at radius 3 is 1.91 bits per heavy atom. The third kappa shape index (κ3) is 0.926. The van der Waals surface area contributed by atoms with E-state index in [2.05, 4.69) is 0 Å². The van der Waals surface area contributed by atoms with Crippen LogP contribution >= 0.6 is 0 Å². The molecule has 11 heavy (non-hydrogen) atoms. The Balaban J connectivity index is 2.12. The third-order valence-corrected chi connectivity index (χ3v) is 3.57. The molecule has 0 amide bonds. The standard InChI is InChI=1S/C9H16O2/c10-7-8(5-6-8)9(11)3-1-2-4-9/h10-11H,1-7H2. The first-order valence-corrected chi connectivity index (χ1v) is 4.56. The van der Waals surface area contributed by atoms with Crippen molar-refractivity contribution in [3.63, 3.8) is 0 Å². The van der Waals surface area contributed by atoms with Crippen molar-refractivity contribution in [1.82, 2.24) is 0 Å². The largest absolute Gasteiger partial charge is 0.396 e. The van der Waals surface area contributed by atoms with E-state index in [-0.39, 0.29) is 12.0 Å². The zero-order chi connectivity index (χ0) is 7.95. The fourth-order valence-electron chi connectivity index (χ4n) is 2.41. The fourth-order valence-corrected chi connectivity index (χ4v) is 2.41. The lowest BCUT2D eigenvalue weighted by Gasteiger charge is -2.31. The van der Waals surface area contributed by atoms with Crippen LogP contribution in [0.4, 0.5) is 0 Å². The van der Waals surface area contributed by atoms with Crippen molar-refractivity contribution in [2.24, 2.45) is 5.41 Å². The molecule has 2 fully saturated rings. The molecule has 2 N–H and O–H groups in total. The molecule has 0 unspecified atom stereocenters. The van der Waals surface area contributed by atoms with Crippen LogP contribution in [0.25, 0.3) is 0 Å². The van der Waals surface area contributed by atoms with E-state index in [0.29, 0.717) is 0 Å². The van der Waals surface area contributed by atoms with E-state index >= 15 is 0 Å². The lowest BCUT2D eigenvalue weighted by Crippen LogP contribution is -2.38. The van der Waals surface area contributed by atoms with Gasteiger partial charge < -0.3 is 10.2 Å². The molecule has 0 aromatic heterocycles. The van der Waals surface area contributed by atoms with Gasteiger partial charge in [0.2, 0.25) is 0 Å². The summed E-state index contributed by atoms with van der Waals surface area (Å²) >= 11 is 0. The van der Waals surface area contributed by atoms with Gasteiger partial charge in [0.15, 0.2) is 0 Å². The maximum atomic E-state index is 10.1. The van der Waals surface area contributed by atoms with Gasteiger partial charge >= 0.3 is 0 Å². The maximum absolute atomic E-state index is 10.1. The molecule has 2 nitrogen and oxygen atoms in total. The number of rotatable bonds is 2. The Morgan fingerprint density at radius 2 is 1.55 bits per heavy atom. The molecule has 2 aliphatic rings. The number of aliphatic hydroxyl groups excluding tert-OH is 1. The van der Waals surface area contributed by atoms with E-state index < -0.39 is 5.60 Å². The summed E-state index contributed by atoms with van der Waals surface area (Å²) < 4.78 is 0. The maximum Gasteiger partial charge on any atom is 0.0725 e. The van der Waals surface area contributed by atoms with Crippen molar-refractivity contribution in [3.8, 4) is 0 Å². The van der Waals surface area contributed by atoms with E-state index in [0.717, 1.165) is 38.5 Å². The Kier molecular flexibility index (Phi) is 1.52. The Morgan fingerprint density at radius 1 is 1.00 bits per heavy atom. The summed E-state index contributed by atoms with van der Waals surface area (Å²) in [6.45, 7) is 0.184. The van der Waals surface area contributed by atoms with Gasteiger partial charge in [0.25, 0.3) is 0 Å². The minimum Gasteiger partial charge on any atom is -0.396 e. The van der Waals surface area contributed by atoms with Crippen molar-refractivity contribution in [3.05, 3.63) is 0 Å². The van der Waals surface area contributed by atoms with Crippen molar-refractivity contribution in [1.29, 1.82) is 0 Å². The van der Waals surface area contributed by atoms with Crippen LogP contribution in [0, 0.1) is 5.41 Å². The van der Waals surface area contributed by atoms with Gasteiger partial charge in [-0.05, 0) is 25.7 Å². The average molecular weight is 156 g/mol. The zero-order valence-corrected chi connectivity index (χ0v) is 6.84. The summed E-state index contributed by atoms with van der Waals surface area (Å²) in [7, 11) is 0. The second kappa shape index (κ2) is 2.20. The third-order valence-electron chi connectivity index (χ3n) is 3.57. The molecule has 2 aliphatic carbocycles. The fraction of sp³-hybridized carbons (Fsp3) is 1.00. The molecular formula is C9H16O2. The molecule has 0 radical (unpaired) electrons. The minimum absolute atomic E-state index is 0.0799. The highest BCUT2D eigenvalue weighted by molar-refractivity contribution is 5.09. The van der Waals surface area contributed by atoms with Crippen LogP contribution in [-0.2, 0) is 0 Å². The molecule has 0 heterocycles. The van der Waals surface area contributed by atoms with Crippen molar-refractivity contribution < 1.29 is 10.2 Å². The first kappa shape index (κ1) is 7.56. The highest BCUT2D eigenvalue weighted by Crippen LogP contribution is 2.59. The number of aliphatic hydroxyl groups is 2. The highest BCUT2D eigenvalue weighted by atomic mass is 16.3. The molecule has 0 aromatic rings. The number of hydrogen-bond donors (Lipinski definition) is 2. The van der Waals surface area contributed by atoms with Crippen LogP contribution in [0.2, 0.25) is 0 Å². The molecule has 0 aliphatic heterocycles. The Labute approximate surface area is 67.2 Å². The number of hydrogen-bond acceptors (Lipinski definition) is 2. The van der Waals surface area contributed by atoms with Crippen LogP contribution in [0.1, 0.15) is 38.5 Å². The topological polar surface area (TPSA) is 40.5 Å². The van der Waals surface area contributed by atoms with Crippen molar-refractivity contribution in [2.75, 3.05) is 6.61 Å². The van der Waals surface area contributed by atoms with E-state index in [1.165, 1.54) is 0 Å². The van der Waals surface area contributed by atoms with Gasteiger partial charge in [-0.2, -0.15) is 0 Å². The molecule has 2 saturated carbocycles. The van der Waals surface area contributed by atoms with Crippen LogP contribution in [-0.4, -0.2) is 22.4 Å². The van der Waals surface area contributed by atoms with Gasteiger partial charge in [0.1, 0.15) is 0 Å². The normalized spacial score (nSPS) is 32.2. The monoisotopic (exact) mass is 156 g/mol. The van der Waals surface area contributed by atoms with Gasteiger partial charge in [-0.3, -0.25) is 0 Å². The van der Waals surface area contributed by atoms with Gasteiger partial charge in [0.05, 0.1) is 12.2 Å².